The molecule has 2 N–H and O–H groups in total. The molecule has 2 aliphatic rings. The molecule has 2 heterocycles. The molecule has 1 atom stereocenters. The highest BCUT2D eigenvalue weighted by Gasteiger charge is 2.28. The number of anilines is 1. The molecule has 0 radical (unpaired) electrons. The van der Waals surface area contributed by atoms with Crippen LogP contribution in [0.2, 0.25) is 0 Å². The third-order valence-corrected chi connectivity index (χ3v) is 4.32. The van der Waals surface area contributed by atoms with Crippen molar-refractivity contribution >= 4 is 16.8 Å². The fraction of sp³-hybridized carbons (Fsp3) is 0.562. The predicted molar refractivity (Wildman–Crippen MR) is 80.1 cm³/mol. The first kappa shape index (κ1) is 12.2. The molecule has 1 unspecified atom stereocenters. The van der Waals surface area contributed by atoms with Crippen LogP contribution in [0, 0.1) is 5.92 Å². The quantitative estimate of drug-likeness (QED) is 0.897. The second-order valence-corrected chi connectivity index (χ2v) is 6.10. The van der Waals surface area contributed by atoms with Gasteiger partial charge in [0.05, 0.1) is 0 Å². The molecule has 1 saturated heterocycles. The van der Waals surface area contributed by atoms with E-state index < -0.39 is 0 Å². The number of aromatic nitrogens is 1. The monoisotopic (exact) mass is 271 g/mol. The van der Waals surface area contributed by atoms with Gasteiger partial charge in [-0.15, -0.1) is 0 Å². The van der Waals surface area contributed by atoms with Crippen LogP contribution in [0.4, 0.5) is 5.69 Å². The topological polar surface area (TPSA) is 50.1 Å². The summed E-state index contributed by atoms with van der Waals surface area (Å²) in [6.07, 6.45) is 5.07. The van der Waals surface area contributed by atoms with E-state index in [0.717, 1.165) is 41.7 Å². The van der Waals surface area contributed by atoms with Gasteiger partial charge in [0, 0.05) is 18.2 Å². The minimum Gasteiger partial charge on any atom is -0.440 e. The van der Waals surface area contributed by atoms with Crippen molar-refractivity contribution in [3.63, 3.8) is 0 Å². The highest BCUT2D eigenvalue weighted by Crippen LogP contribution is 2.40. The first-order chi connectivity index (χ1) is 9.88. The van der Waals surface area contributed by atoms with Gasteiger partial charge in [0.1, 0.15) is 5.52 Å². The molecule has 1 aromatic carbocycles. The van der Waals surface area contributed by atoms with Gasteiger partial charge in [-0.3, -0.25) is 0 Å². The highest BCUT2D eigenvalue weighted by atomic mass is 16.3. The Kier molecular flexibility index (Phi) is 3.11. The molecule has 1 aliphatic carbocycles. The number of hydrogen-bond acceptors (Lipinski definition) is 4. The number of piperidine rings is 1. The second-order valence-electron chi connectivity index (χ2n) is 6.10. The van der Waals surface area contributed by atoms with E-state index in [1.54, 1.807) is 0 Å². The minimum absolute atomic E-state index is 0.576. The van der Waals surface area contributed by atoms with Gasteiger partial charge in [-0.25, -0.2) is 4.98 Å². The summed E-state index contributed by atoms with van der Waals surface area (Å²) in [5.74, 6) is 2.24. The molecule has 2 fully saturated rings. The summed E-state index contributed by atoms with van der Waals surface area (Å²) in [6, 6.07) is 6.25. The summed E-state index contributed by atoms with van der Waals surface area (Å²) >= 11 is 0. The Morgan fingerprint density at radius 3 is 3.05 bits per heavy atom. The third kappa shape index (κ3) is 2.52. The summed E-state index contributed by atoms with van der Waals surface area (Å²) in [7, 11) is 0. The SMILES string of the molecule is c1cc2oc(C3CC3)nc2cc1NCC1CCCNC1. The third-order valence-electron chi connectivity index (χ3n) is 4.32. The maximum Gasteiger partial charge on any atom is 0.198 e. The molecule has 20 heavy (non-hydrogen) atoms. The largest absolute Gasteiger partial charge is 0.440 e. The van der Waals surface area contributed by atoms with Crippen LogP contribution in [-0.4, -0.2) is 24.6 Å². The molecule has 1 saturated carbocycles. The first-order valence-corrected chi connectivity index (χ1v) is 7.73. The van der Waals surface area contributed by atoms with Gasteiger partial charge in [-0.2, -0.15) is 0 Å². The lowest BCUT2D eigenvalue weighted by Crippen LogP contribution is -2.33. The zero-order valence-corrected chi connectivity index (χ0v) is 11.7. The van der Waals surface area contributed by atoms with E-state index in [1.165, 1.54) is 32.2 Å². The number of hydrogen-bond donors (Lipinski definition) is 2. The molecular weight excluding hydrogens is 250 g/mol. The Labute approximate surface area is 118 Å². The zero-order valence-electron chi connectivity index (χ0n) is 11.7. The maximum absolute atomic E-state index is 5.79. The second kappa shape index (κ2) is 5.09. The molecule has 0 bridgehead atoms. The van der Waals surface area contributed by atoms with E-state index in [9.17, 15) is 0 Å². The molecule has 4 heteroatoms. The van der Waals surface area contributed by atoms with Crippen LogP contribution in [0.15, 0.2) is 22.6 Å². The summed E-state index contributed by atoms with van der Waals surface area (Å²) in [6.45, 7) is 3.34. The van der Waals surface area contributed by atoms with Crippen molar-refractivity contribution in [1.82, 2.24) is 10.3 Å². The molecule has 106 valence electrons. The molecule has 0 amide bonds. The Bertz CT molecular complexity index is 597. The smallest absolute Gasteiger partial charge is 0.198 e. The lowest BCUT2D eigenvalue weighted by Gasteiger charge is -2.23. The lowest BCUT2D eigenvalue weighted by atomic mass is 10.00. The van der Waals surface area contributed by atoms with Crippen LogP contribution >= 0.6 is 0 Å². The van der Waals surface area contributed by atoms with Crippen molar-refractivity contribution in [3.05, 3.63) is 24.1 Å². The number of benzene rings is 1. The molecule has 4 rings (SSSR count). The number of nitrogens with one attached hydrogen (secondary N) is 2. The van der Waals surface area contributed by atoms with Gasteiger partial charge in [-0.05, 0) is 62.9 Å². The van der Waals surface area contributed by atoms with Gasteiger partial charge >= 0.3 is 0 Å². The van der Waals surface area contributed by atoms with Crippen molar-refractivity contribution in [2.75, 3.05) is 25.0 Å². The van der Waals surface area contributed by atoms with E-state index in [-0.39, 0.29) is 0 Å². The van der Waals surface area contributed by atoms with Gasteiger partial charge in [0.2, 0.25) is 0 Å². The maximum atomic E-state index is 5.79. The highest BCUT2D eigenvalue weighted by molar-refractivity contribution is 5.77. The van der Waals surface area contributed by atoms with Crippen molar-refractivity contribution < 1.29 is 4.42 Å². The summed E-state index contributed by atoms with van der Waals surface area (Å²) in [4.78, 5) is 4.61. The standard InChI is InChI=1S/C16H21N3O/c1-2-11(9-17-7-1)10-18-13-5-6-15-14(8-13)19-16(20-15)12-3-4-12/h5-6,8,11-12,17-18H,1-4,7,9-10H2. The Balaban J connectivity index is 1.45. The summed E-state index contributed by atoms with van der Waals surface area (Å²) < 4.78 is 5.79. The zero-order chi connectivity index (χ0) is 13.4. The van der Waals surface area contributed by atoms with Gasteiger partial charge < -0.3 is 15.1 Å². The van der Waals surface area contributed by atoms with E-state index in [2.05, 4.69) is 27.8 Å². The van der Waals surface area contributed by atoms with Crippen molar-refractivity contribution in [3.8, 4) is 0 Å². The van der Waals surface area contributed by atoms with Crippen molar-refractivity contribution in [1.29, 1.82) is 0 Å². The Morgan fingerprint density at radius 2 is 2.25 bits per heavy atom. The van der Waals surface area contributed by atoms with Crippen LogP contribution < -0.4 is 10.6 Å². The number of oxazole rings is 1. The molecule has 2 aromatic rings. The van der Waals surface area contributed by atoms with Crippen LogP contribution in [-0.2, 0) is 0 Å². The Hall–Kier alpha value is -1.55. The van der Waals surface area contributed by atoms with Gasteiger partial charge in [0.25, 0.3) is 0 Å². The molecule has 1 aliphatic heterocycles. The van der Waals surface area contributed by atoms with E-state index in [4.69, 9.17) is 4.42 Å². The molecule has 0 spiro atoms. The average molecular weight is 271 g/mol. The van der Waals surface area contributed by atoms with Crippen LogP contribution in [0.25, 0.3) is 11.1 Å². The van der Waals surface area contributed by atoms with Gasteiger partial charge in [0.15, 0.2) is 11.5 Å². The van der Waals surface area contributed by atoms with Crippen molar-refractivity contribution in [2.24, 2.45) is 5.92 Å². The van der Waals surface area contributed by atoms with Crippen LogP contribution in [0.5, 0.6) is 0 Å². The van der Waals surface area contributed by atoms with Crippen LogP contribution in [0.1, 0.15) is 37.5 Å². The summed E-state index contributed by atoms with van der Waals surface area (Å²) in [5.41, 5.74) is 3.05. The fourth-order valence-electron chi connectivity index (χ4n) is 2.92. The molecule has 1 aromatic heterocycles. The number of nitrogens with zero attached hydrogens (tertiary/aromatic N) is 1. The number of rotatable bonds is 4. The lowest BCUT2D eigenvalue weighted by molar-refractivity contribution is 0.393. The van der Waals surface area contributed by atoms with E-state index in [0.29, 0.717) is 5.92 Å². The van der Waals surface area contributed by atoms with E-state index in [1.807, 2.05) is 6.07 Å². The molecular formula is C16H21N3O. The van der Waals surface area contributed by atoms with Crippen molar-refractivity contribution in [2.45, 2.75) is 31.6 Å². The van der Waals surface area contributed by atoms with E-state index >= 15 is 0 Å². The normalized spacial score (nSPS) is 23.1. The van der Waals surface area contributed by atoms with Gasteiger partial charge in [-0.1, -0.05) is 0 Å². The molecule has 4 nitrogen and oxygen atoms in total. The average Bonchev–Trinajstić information content (AvgIpc) is 3.26. The minimum atomic E-state index is 0.576. The van der Waals surface area contributed by atoms with Crippen LogP contribution in [0.3, 0.4) is 0 Å². The first-order valence-electron chi connectivity index (χ1n) is 7.73. The fourth-order valence-corrected chi connectivity index (χ4v) is 2.92. The predicted octanol–water partition coefficient (Wildman–Crippen LogP) is 3.12. The summed E-state index contributed by atoms with van der Waals surface area (Å²) in [5, 5.41) is 7.00. The number of fused-ring (bicyclic) bond motifs is 1. The Morgan fingerprint density at radius 1 is 1.30 bits per heavy atom.